The number of aliphatic hydroxyl groups is 1. The number of carbonyl (C=O) groups is 5. The van der Waals surface area contributed by atoms with E-state index >= 15 is 0 Å². The Morgan fingerprint density at radius 3 is 2.07 bits per heavy atom. The van der Waals surface area contributed by atoms with E-state index in [1.54, 1.807) is 51.1 Å². The van der Waals surface area contributed by atoms with E-state index in [9.17, 15) is 29.1 Å². The lowest BCUT2D eigenvalue weighted by Gasteiger charge is -2.29. The molecule has 0 saturated heterocycles. The van der Waals surface area contributed by atoms with Gasteiger partial charge in [0.2, 0.25) is 11.8 Å². The molecule has 4 atom stereocenters. The lowest BCUT2D eigenvalue weighted by Crippen LogP contribution is -2.54. The summed E-state index contributed by atoms with van der Waals surface area (Å²) in [7, 11) is 0. The number of hydrogen-bond donors (Lipinski definition) is 5. The van der Waals surface area contributed by atoms with Crippen molar-refractivity contribution >= 4 is 35.5 Å². The molecule has 12 heteroatoms. The van der Waals surface area contributed by atoms with Gasteiger partial charge in [-0.2, -0.15) is 0 Å². The zero-order valence-electron chi connectivity index (χ0n) is 24.3. The lowest BCUT2D eigenvalue weighted by molar-refractivity contribution is -0.137. The van der Waals surface area contributed by atoms with Gasteiger partial charge in [0, 0.05) is 6.42 Å². The van der Waals surface area contributed by atoms with Crippen molar-refractivity contribution in [3.8, 4) is 0 Å². The second-order valence-corrected chi connectivity index (χ2v) is 10.9. The van der Waals surface area contributed by atoms with E-state index in [0.29, 0.717) is 0 Å². The Bertz CT molecular complexity index is 1220. The monoisotopic (exact) mass is 584 g/mol. The van der Waals surface area contributed by atoms with Gasteiger partial charge in [-0.25, -0.2) is 9.69 Å². The second kappa shape index (κ2) is 15.6. The molecule has 2 aromatic rings. The zero-order valence-corrected chi connectivity index (χ0v) is 24.3. The third kappa shape index (κ3) is 11.3. The molecule has 0 aromatic heterocycles. The molecular weight excluding hydrogens is 544 g/mol. The SMILES string of the molecule is C[C@H](NC(=O)[C@@H](N)CCC(=O)O)C(=O)N(C(=O)C[C@H](O)[C@H](Cc1ccccc1)NC(=O)OC(C)(C)C)c1ccccc1. The number of ether oxygens (including phenoxy) is 1. The van der Waals surface area contributed by atoms with Crippen LogP contribution in [-0.4, -0.2) is 69.8 Å². The number of rotatable bonds is 13. The number of nitrogens with zero attached hydrogens (tertiary/aromatic N) is 1. The van der Waals surface area contributed by atoms with Crippen LogP contribution in [0.5, 0.6) is 0 Å². The molecule has 0 aliphatic heterocycles. The Hall–Kier alpha value is -4.29. The van der Waals surface area contributed by atoms with Crippen molar-refractivity contribution in [1.82, 2.24) is 10.6 Å². The first-order valence-corrected chi connectivity index (χ1v) is 13.6. The maximum absolute atomic E-state index is 13.6. The van der Waals surface area contributed by atoms with Crippen molar-refractivity contribution in [1.29, 1.82) is 0 Å². The van der Waals surface area contributed by atoms with E-state index in [-0.39, 0.29) is 24.9 Å². The van der Waals surface area contributed by atoms with Gasteiger partial charge in [-0.1, -0.05) is 48.5 Å². The zero-order chi connectivity index (χ0) is 31.4. The van der Waals surface area contributed by atoms with Gasteiger partial charge in [0.25, 0.3) is 5.91 Å². The van der Waals surface area contributed by atoms with Crippen LogP contribution in [0.1, 0.15) is 52.5 Å². The van der Waals surface area contributed by atoms with Crippen molar-refractivity contribution in [2.24, 2.45) is 5.73 Å². The van der Waals surface area contributed by atoms with Crippen LogP contribution < -0.4 is 21.3 Å². The van der Waals surface area contributed by atoms with Crippen molar-refractivity contribution in [3.63, 3.8) is 0 Å². The average Bonchev–Trinajstić information content (AvgIpc) is 2.91. The van der Waals surface area contributed by atoms with Crippen LogP contribution in [0.2, 0.25) is 0 Å². The maximum Gasteiger partial charge on any atom is 0.407 e. The van der Waals surface area contributed by atoms with E-state index in [0.717, 1.165) is 10.5 Å². The molecular formula is C30H40N4O8. The van der Waals surface area contributed by atoms with Crippen LogP contribution in [0.4, 0.5) is 10.5 Å². The van der Waals surface area contributed by atoms with Gasteiger partial charge in [-0.3, -0.25) is 19.2 Å². The van der Waals surface area contributed by atoms with Crippen molar-refractivity contribution in [3.05, 3.63) is 66.2 Å². The number of anilines is 1. The molecule has 0 unspecified atom stereocenters. The number of imide groups is 1. The van der Waals surface area contributed by atoms with E-state index in [1.165, 1.54) is 19.1 Å². The summed E-state index contributed by atoms with van der Waals surface area (Å²) in [5.74, 6) is -3.44. The molecule has 2 rings (SSSR count). The van der Waals surface area contributed by atoms with Crippen LogP contribution in [0.25, 0.3) is 0 Å². The normalized spacial score (nSPS) is 14.0. The number of nitrogens with two attached hydrogens (primary N) is 1. The number of carboxylic acids is 1. The van der Waals surface area contributed by atoms with Crippen LogP contribution in [-0.2, 0) is 30.3 Å². The average molecular weight is 585 g/mol. The first-order valence-electron chi connectivity index (χ1n) is 13.6. The van der Waals surface area contributed by atoms with Gasteiger partial charge in [-0.15, -0.1) is 0 Å². The topological polar surface area (TPSA) is 188 Å². The molecule has 0 aliphatic rings. The Kier molecular flexibility index (Phi) is 12.6. The van der Waals surface area contributed by atoms with E-state index in [1.807, 2.05) is 18.2 Å². The van der Waals surface area contributed by atoms with Crippen molar-refractivity contribution < 1.29 is 38.9 Å². The molecule has 12 nitrogen and oxygen atoms in total. The lowest BCUT2D eigenvalue weighted by atomic mass is 9.98. The number of hydrogen-bond acceptors (Lipinski definition) is 8. The Labute approximate surface area is 245 Å². The number of nitrogens with one attached hydrogen (secondary N) is 2. The predicted molar refractivity (Wildman–Crippen MR) is 155 cm³/mol. The third-order valence-electron chi connectivity index (χ3n) is 6.07. The van der Waals surface area contributed by atoms with Crippen LogP contribution in [0.15, 0.2) is 60.7 Å². The fourth-order valence-corrected chi connectivity index (χ4v) is 3.98. The fourth-order valence-electron chi connectivity index (χ4n) is 3.98. The molecule has 4 amide bonds. The molecule has 0 aliphatic carbocycles. The molecule has 0 fully saturated rings. The molecule has 0 saturated carbocycles. The first-order chi connectivity index (χ1) is 19.7. The molecule has 0 spiro atoms. The number of benzene rings is 2. The minimum absolute atomic E-state index is 0.136. The molecule has 228 valence electrons. The summed E-state index contributed by atoms with van der Waals surface area (Å²) < 4.78 is 5.34. The highest BCUT2D eigenvalue weighted by atomic mass is 16.6. The number of alkyl carbamates (subject to hydrolysis) is 1. The molecule has 0 heterocycles. The summed E-state index contributed by atoms with van der Waals surface area (Å²) in [5, 5.41) is 25.1. The van der Waals surface area contributed by atoms with E-state index in [4.69, 9.17) is 15.6 Å². The van der Waals surface area contributed by atoms with Crippen LogP contribution in [0, 0.1) is 0 Å². The van der Waals surface area contributed by atoms with Gasteiger partial charge < -0.3 is 31.3 Å². The minimum Gasteiger partial charge on any atom is -0.481 e. The summed E-state index contributed by atoms with van der Waals surface area (Å²) in [6, 6.07) is 13.7. The predicted octanol–water partition coefficient (Wildman–Crippen LogP) is 2.13. The van der Waals surface area contributed by atoms with Gasteiger partial charge in [0.1, 0.15) is 11.6 Å². The number of para-hydroxylation sites is 1. The van der Waals surface area contributed by atoms with Crippen molar-refractivity contribution in [2.75, 3.05) is 4.90 Å². The van der Waals surface area contributed by atoms with E-state index < -0.39 is 66.0 Å². The first kappa shape index (κ1) is 33.9. The molecule has 0 bridgehead atoms. The molecule has 6 N–H and O–H groups in total. The molecule has 42 heavy (non-hydrogen) atoms. The highest BCUT2D eigenvalue weighted by Crippen LogP contribution is 2.19. The Morgan fingerprint density at radius 1 is 0.952 bits per heavy atom. The number of carbonyl (C=O) groups excluding carboxylic acids is 4. The van der Waals surface area contributed by atoms with Gasteiger partial charge in [0.05, 0.1) is 30.3 Å². The minimum atomic E-state index is -1.42. The van der Waals surface area contributed by atoms with Crippen molar-refractivity contribution in [2.45, 2.75) is 83.2 Å². The highest BCUT2D eigenvalue weighted by molar-refractivity contribution is 6.17. The summed E-state index contributed by atoms with van der Waals surface area (Å²) in [6.45, 7) is 6.45. The van der Waals surface area contributed by atoms with Crippen LogP contribution in [0.3, 0.4) is 0 Å². The largest absolute Gasteiger partial charge is 0.481 e. The summed E-state index contributed by atoms with van der Waals surface area (Å²) in [4.78, 5) is 63.7. The second-order valence-electron chi connectivity index (χ2n) is 10.9. The third-order valence-corrected chi connectivity index (χ3v) is 6.07. The quantitative estimate of drug-likeness (QED) is 0.235. The number of amides is 4. The van der Waals surface area contributed by atoms with Gasteiger partial charge in [-0.05, 0) is 58.2 Å². The molecule has 2 aromatic carbocycles. The number of aliphatic carboxylic acids is 1. The standard InChI is InChI=1S/C30H40N4O8/c1-19(32-27(39)22(31)15-16-26(37)38)28(40)34(21-13-9-6-10-14-21)25(36)18-24(35)23(17-20-11-7-5-8-12-20)33-29(41)42-30(2,3)4/h5-14,19,22-24,35H,15-18,31H2,1-4H3,(H,32,39)(H,33,41)(H,37,38)/t19-,22-,23-,24-/m0/s1. The van der Waals surface area contributed by atoms with E-state index in [2.05, 4.69) is 10.6 Å². The summed E-state index contributed by atoms with van der Waals surface area (Å²) in [5.41, 5.74) is 5.95. The Morgan fingerprint density at radius 2 is 1.52 bits per heavy atom. The number of aliphatic hydroxyl groups excluding tert-OH is 1. The molecule has 0 radical (unpaired) electrons. The summed E-state index contributed by atoms with van der Waals surface area (Å²) >= 11 is 0. The fraction of sp³-hybridized carbons (Fsp3) is 0.433. The highest BCUT2D eigenvalue weighted by Gasteiger charge is 2.33. The number of carboxylic acid groups (broad SMARTS) is 1. The Balaban J connectivity index is 2.25. The smallest absolute Gasteiger partial charge is 0.407 e. The van der Waals surface area contributed by atoms with Gasteiger partial charge in [0.15, 0.2) is 0 Å². The summed E-state index contributed by atoms with van der Waals surface area (Å²) in [6.07, 6.45) is -3.03. The van der Waals surface area contributed by atoms with Crippen LogP contribution >= 0.6 is 0 Å². The van der Waals surface area contributed by atoms with Gasteiger partial charge >= 0.3 is 12.1 Å². The maximum atomic E-state index is 13.6.